The Morgan fingerprint density at radius 3 is 2.84 bits per heavy atom. The van der Waals surface area contributed by atoms with Gasteiger partial charge in [0.25, 0.3) is 0 Å². The number of morpholine rings is 1. The fourth-order valence-electron chi connectivity index (χ4n) is 2.61. The molecule has 0 saturated carbocycles. The first-order valence-corrected chi connectivity index (χ1v) is 6.41. The Kier molecular flexibility index (Phi) is 3.50. The van der Waals surface area contributed by atoms with E-state index >= 15 is 0 Å². The maximum atomic E-state index is 11.6. The van der Waals surface area contributed by atoms with E-state index in [4.69, 9.17) is 14.2 Å². The zero-order valence-electron chi connectivity index (χ0n) is 10.8. The van der Waals surface area contributed by atoms with Crippen LogP contribution in [0, 0.1) is 0 Å². The fourth-order valence-corrected chi connectivity index (χ4v) is 2.61. The van der Waals surface area contributed by atoms with Crippen LogP contribution in [0.3, 0.4) is 0 Å². The smallest absolute Gasteiger partial charge is 0.337 e. The summed E-state index contributed by atoms with van der Waals surface area (Å²) in [5.74, 6) is -0.353. The van der Waals surface area contributed by atoms with E-state index in [0.717, 1.165) is 6.54 Å². The maximum Gasteiger partial charge on any atom is 0.337 e. The first kappa shape index (κ1) is 12.6. The lowest BCUT2D eigenvalue weighted by molar-refractivity contribution is -0.154. The Morgan fingerprint density at radius 1 is 1.32 bits per heavy atom. The van der Waals surface area contributed by atoms with Gasteiger partial charge in [0, 0.05) is 13.1 Å². The Morgan fingerprint density at radius 2 is 2.11 bits per heavy atom. The molecular weight excluding hydrogens is 246 g/mol. The highest BCUT2D eigenvalue weighted by Crippen LogP contribution is 2.27. The number of rotatable bonds is 3. The van der Waals surface area contributed by atoms with Crippen molar-refractivity contribution in [3.8, 4) is 0 Å². The fraction of sp³-hybridized carbons (Fsp3) is 0.500. The summed E-state index contributed by atoms with van der Waals surface area (Å²) in [5.41, 5.74) is 1.25. The van der Waals surface area contributed by atoms with Crippen LogP contribution in [0.15, 0.2) is 30.3 Å². The number of methoxy groups -OCH3 is 1. The molecule has 2 saturated heterocycles. The van der Waals surface area contributed by atoms with Gasteiger partial charge in [-0.1, -0.05) is 30.3 Å². The third-order valence-corrected chi connectivity index (χ3v) is 3.49. The zero-order chi connectivity index (χ0) is 13.2. The molecule has 3 rings (SSSR count). The number of benzene rings is 1. The largest absolute Gasteiger partial charge is 0.467 e. The van der Waals surface area contributed by atoms with E-state index in [9.17, 15) is 4.79 Å². The third-order valence-electron chi connectivity index (χ3n) is 3.49. The summed E-state index contributed by atoms with van der Waals surface area (Å²) in [7, 11) is 1.37. The van der Waals surface area contributed by atoms with E-state index < -0.39 is 6.10 Å². The molecule has 0 N–H and O–H groups in total. The summed E-state index contributed by atoms with van der Waals surface area (Å²) in [5, 5.41) is 0. The van der Waals surface area contributed by atoms with Crippen LogP contribution in [0.5, 0.6) is 0 Å². The van der Waals surface area contributed by atoms with Crippen LogP contribution in [0.2, 0.25) is 0 Å². The van der Waals surface area contributed by atoms with E-state index in [2.05, 4.69) is 17.0 Å². The SMILES string of the molecule is COC(=O)[C@H]1O[C@@H]2CN(Cc3ccccc3)C[C@H]1O2. The molecule has 19 heavy (non-hydrogen) atoms. The molecule has 3 atom stereocenters. The van der Waals surface area contributed by atoms with Gasteiger partial charge < -0.3 is 14.2 Å². The molecule has 0 aromatic heterocycles. The minimum Gasteiger partial charge on any atom is -0.467 e. The highest BCUT2D eigenvalue weighted by Gasteiger charge is 2.46. The highest BCUT2D eigenvalue weighted by molar-refractivity contribution is 5.75. The van der Waals surface area contributed by atoms with Crippen LogP contribution in [0.4, 0.5) is 0 Å². The Labute approximate surface area is 112 Å². The van der Waals surface area contributed by atoms with Crippen LogP contribution in [0.1, 0.15) is 5.56 Å². The number of fused-ring (bicyclic) bond motifs is 2. The maximum absolute atomic E-state index is 11.6. The van der Waals surface area contributed by atoms with Gasteiger partial charge >= 0.3 is 5.97 Å². The first-order valence-electron chi connectivity index (χ1n) is 6.41. The second kappa shape index (κ2) is 5.28. The van der Waals surface area contributed by atoms with Gasteiger partial charge in [-0.3, -0.25) is 4.90 Å². The van der Waals surface area contributed by atoms with Gasteiger partial charge in [-0.25, -0.2) is 4.79 Å². The summed E-state index contributed by atoms with van der Waals surface area (Å²) in [4.78, 5) is 13.8. The Hall–Kier alpha value is -1.43. The minimum atomic E-state index is -0.587. The standard InChI is InChI=1S/C14H17NO4/c1-17-14(16)13-11-8-15(9-12(18-11)19-13)7-10-5-3-2-4-6-10/h2-6,11-13H,7-9H2,1H3/t11-,12-,13+/m1/s1. The normalized spacial score (nSPS) is 30.3. The summed E-state index contributed by atoms with van der Waals surface area (Å²) < 4.78 is 15.9. The van der Waals surface area contributed by atoms with Crippen LogP contribution >= 0.6 is 0 Å². The van der Waals surface area contributed by atoms with Gasteiger partial charge in [0.2, 0.25) is 0 Å². The second-order valence-electron chi connectivity index (χ2n) is 4.86. The Balaban J connectivity index is 1.64. The van der Waals surface area contributed by atoms with Crippen molar-refractivity contribution in [3.63, 3.8) is 0 Å². The van der Waals surface area contributed by atoms with E-state index in [0.29, 0.717) is 13.1 Å². The van der Waals surface area contributed by atoms with E-state index in [1.54, 1.807) is 0 Å². The topological polar surface area (TPSA) is 48.0 Å². The number of esters is 1. The first-order chi connectivity index (χ1) is 9.26. The lowest BCUT2D eigenvalue weighted by Crippen LogP contribution is -2.45. The second-order valence-corrected chi connectivity index (χ2v) is 4.86. The molecule has 2 heterocycles. The van der Waals surface area contributed by atoms with Crippen molar-refractivity contribution in [3.05, 3.63) is 35.9 Å². The molecule has 0 unspecified atom stereocenters. The molecule has 2 aliphatic heterocycles. The van der Waals surface area contributed by atoms with Crippen molar-refractivity contribution in [2.45, 2.75) is 25.0 Å². The molecule has 0 radical (unpaired) electrons. The number of hydrogen-bond donors (Lipinski definition) is 0. The average Bonchev–Trinajstić information content (AvgIpc) is 2.74. The lowest BCUT2D eigenvalue weighted by atomic mass is 10.1. The van der Waals surface area contributed by atoms with E-state index in [1.807, 2.05) is 18.2 Å². The molecule has 2 bridgehead atoms. The molecular formula is C14H17NO4. The minimum absolute atomic E-state index is 0.227. The zero-order valence-corrected chi connectivity index (χ0v) is 10.8. The molecule has 2 aliphatic rings. The van der Waals surface area contributed by atoms with Gasteiger partial charge in [-0.15, -0.1) is 0 Å². The molecule has 0 spiro atoms. The van der Waals surface area contributed by atoms with Crippen LogP contribution in [-0.2, 0) is 25.5 Å². The third kappa shape index (κ3) is 2.63. The quantitative estimate of drug-likeness (QED) is 0.754. The van der Waals surface area contributed by atoms with Crippen LogP contribution in [0.25, 0.3) is 0 Å². The highest BCUT2D eigenvalue weighted by atomic mass is 16.7. The van der Waals surface area contributed by atoms with Gasteiger partial charge in [-0.2, -0.15) is 0 Å². The van der Waals surface area contributed by atoms with Crippen LogP contribution < -0.4 is 0 Å². The number of ether oxygens (including phenoxy) is 3. The number of carbonyl (C=O) groups excluding carboxylic acids is 1. The number of hydrogen-bond acceptors (Lipinski definition) is 5. The van der Waals surface area contributed by atoms with Gasteiger partial charge in [0.05, 0.1) is 13.7 Å². The van der Waals surface area contributed by atoms with Gasteiger partial charge in [0.15, 0.2) is 12.4 Å². The number of nitrogens with zero attached hydrogens (tertiary/aromatic N) is 1. The average molecular weight is 263 g/mol. The molecule has 2 fully saturated rings. The molecule has 0 aliphatic carbocycles. The van der Waals surface area contributed by atoms with Crippen molar-refractivity contribution in [2.24, 2.45) is 0 Å². The molecule has 5 heteroatoms. The van der Waals surface area contributed by atoms with Crippen molar-refractivity contribution in [1.29, 1.82) is 0 Å². The number of carbonyl (C=O) groups is 1. The van der Waals surface area contributed by atoms with Crippen molar-refractivity contribution < 1.29 is 19.0 Å². The summed E-state index contributed by atoms with van der Waals surface area (Å²) in [6, 6.07) is 10.2. The van der Waals surface area contributed by atoms with Crippen LogP contribution in [-0.4, -0.2) is 49.6 Å². The lowest BCUT2D eigenvalue weighted by Gasteiger charge is -2.30. The predicted molar refractivity (Wildman–Crippen MR) is 67.3 cm³/mol. The summed E-state index contributed by atoms with van der Waals surface area (Å²) in [6.07, 6.45) is -1.14. The van der Waals surface area contributed by atoms with Crippen molar-refractivity contribution in [2.75, 3.05) is 20.2 Å². The molecule has 1 aromatic carbocycles. The van der Waals surface area contributed by atoms with E-state index in [-0.39, 0.29) is 18.4 Å². The van der Waals surface area contributed by atoms with Gasteiger partial charge in [-0.05, 0) is 5.56 Å². The molecule has 0 amide bonds. The monoisotopic (exact) mass is 263 g/mol. The van der Waals surface area contributed by atoms with Crippen molar-refractivity contribution in [1.82, 2.24) is 4.90 Å². The van der Waals surface area contributed by atoms with Crippen molar-refractivity contribution >= 4 is 5.97 Å². The molecule has 1 aromatic rings. The molecule has 5 nitrogen and oxygen atoms in total. The van der Waals surface area contributed by atoms with E-state index in [1.165, 1.54) is 12.7 Å². The summed E-state index contributed by atoms with van der Waals surface area (Å²) in [6.45, 7) is 2.21. The van der Waals surface area contributed by atoms with Gasteiger partial charge in [0.1, 0.15) is 6.10 Å². The Bertz CT molecular complexity index is 450. The molecule has 102 valence electrons. The summed E-state index contributed by atoms with van der Waals surface area (Å²) >= 11 is 0. The predicted octanol–water partition coefficient (Wildman–Crippen LogP) is 0.785.